The molecule has 0 bridgehead atoms. The third-order valence-electron chi connectivity index (χ3n) is 3.28. The Bertz CT molecular complexity index is 701. The maximum atomic E-state index is 12.8. The van der Waals surface area contributed by atoms with Crippen LogP contribution in [0.15, 0.2) is 24.3 Å². The topological polar surface area (TPSA) is 84.0 Å². The van der Waals surface area contributed by atoms with Gasteiger partial charge >= 0.3 is 0 Å². The van der Waals surface area contributed by atoms with Crippen LogP contribution in [0.1, 0.15) is 23.4 Å². The molecule has 3 rings (SSSR count). The molecule has 2 heterocycles. The van der Waals surface area contributed by atoms with Crippen molar-refractivity contribution in [3.8, 4) is 0 Å². The third kappa shape index (κ3) is 3.45. The van der Waals surface area contributed by atoms with E-state index in [0.29, 0.717) is 24.4 Å². The first-order chi connectivity index (χ1) is 10.6. The van der Waals surface area contributed by atoms with Crippen molar-refractivity contribution < 1.29 is 14.0 Å². The zero-order valence-corrected chi connectivity index (χ0v) is 12.3. The maximum absolute atomic E-state index is 12.8. The van der Waals surface area contributed by atoms with Crippen LogP contribution in [0.25, 0.3) is 0 Å². The molecule has 2 amide bonds. The largest absolute Gasteiger partial charge is 0.344 e. The van der Waals surface area contributed by atoms with E-state index in [1.165, 1.54) is 23.5 Å². The highest BCUT2D eigenvalue weighted by atomic mass is 32.1. The van der Waals surface area contributed by atoms with Gasteiger partial charge in [-0.25, -0.2) is 4.39 Å². The summed E-state index contributed by atoms with van der Waals surface area (Å²) in [6, 6.07) is 5.65. The zero-order chi connectivity index (χ0) is 15.5. The van der Waals surface area contributed by atoms with E-state index >= 15 is 0 Å². The highest BCUT2D eigenvalue weighted by Crippen LogP contribution is 2.19. The van der Waals surface area contributed by atoms with Gasteiger partial charge in [-0.2, -0.15) is 0 Å². The second-order valence-corrected chi connectivity index (χ2v) is 6.01. The second-order valence-electron chi connectivity index (χ2n) is 4.95. The predicted octanol–water partition coefficient (Wildman–Crippen LogP) is 1.49. The van der Waals surface area contributed by atoms with Crippen molar-refractivity contribution in [1.29, 1.82) is 0 Å². The van der Waals surface area contributed by atoms with Gasteiger partial charge in [-0.1, -0.05) is 23.5 Å². The maximum Gasteiger partial charge on any atom is 0.248 e. The predicted molar refractivity (Wildman–Crippen MR) is 78.9 cm³/mol. The van der Waals surface area contributed by atoms with Crippen LogP contribution in [-0.4, -0.2) is 28.1 Å². The van der Waals surface area contributed by atoms with Gasteiger partial charge in [0.25, 0.3) is 0 Å². The Kier molecular flexibility index (Phi) is 4.10. The van der Waals surface area contributed by atoms with Gasteiger partial charge < -0.3 is 5.32 Å². The van der Waals surface area contributed by atoms with Crippen LogP contribution in [0.3, 0.4) is 0 Å². The molecule has 1 aliphatic heterocycles. The minimum atomic E-state index is -0.503. The average molecular weight is 320 g/mol. The van der Waals surface area contributed by atoms with Crippen molar-refractivity contribution in [1.82, 2.24) is 15.5 Å². The molecule has 2 aromatic rings. The van der Waals surface area contributed by atoms with Crippen LogP contribution in [-0.2, 0) is 16.0 Å². The van der Waals surface area contributed by atoms with E-state index < -0.39 is 6.04 Å². The van der Waals surface area contributed by atoms with E-state index in [-0.39, 0.29) is 17.6 Å². The smallest absolute Gasteiger partial charge is 0.248 e. The molecule has 1 aliphatic rings. The number of anilines is 1. The van der Waals surface area contributed by atoms with Crippen LogP contribution < -0.4 is 10.6 Å². The molecule has 1 atom stereocenters. The van der Waals surface area contributed by atoms with Crippen molar-refractivity contribution >= 4 is 28.3 Å². The number of carbonyl (C=O) groups excluding carboxylic acids is 2. The van der Waals surface area contributed by atoms with E-state index in [2.05, 4.69) is 20.8 Å². The van der Waals surface area contributed by atoms with Crippen LogP contribution >= 0.6 is 11.3 Å². The van der Waals surface area contributed by atoms with Gasteiger partial charge in [0.05, 0.1) is 0 Å². The van der Waals surface area contributed by atoms with Crippen molar-refractivity contribution in [3.63, 3.8) is 0 Å². The summed E-state index contributed by atoms with van der Waals surface area (Å²) in [4.78, 5) is 23.0. The molecule has 0 saturated carbocycles. The van der Waals surface area contributed by atoms with Gasteiger partial charge in [-0.3, -0.25) is 14.9 Å². The molecular weight excluding hydrogens is 307 g/mol. The van der Waals surface area contributed by atoms with Crippen LogP contribution in [0, 0.1) is 5.82 Å². The molecule has 1 saturated heterocycles. The summed E-state index contributed by atoms with van der Waals surface area (Å²) in [6.07, 6.45) is 1.38. The summed E-state index contributed by atoms with van der Waals surface area (Å²) >= 11 is 1.26. The summed E-state index contributed by atoms with van der Waals surface area (Å²) in [5.41, 5.74) is 0.915. The van der Waals surface area contributed by atoms with Crippen LogP contribution in [0.4, 0.5) is 9.52 Å². The first-order valence-corrected chi connectivity index (χ1v) is 7.59. The van der Waals surface area contributed by atoms with Crippen LogP contribution in [0.2, 0.25) is 0 Å². The lowest BCUT2D eigenvalue weighted by Crippen LogP contribution is -2.37. The normalized spacial score (nSPS) is 17.3. The number of nitrogens with one attached hydrogen (secondary N) is 2. The average Bonchev–Trinajstić information content (AvgIpc) is 3.11. The molecule has 0 spiro atoms. The van der Waals surface area contributed by atoms with Crippen molar-refractivity contribution in [2.45, 2.75) is 25.3 Å². The molecule has 114 valence electrons. The Morgan fingerprint density at radius 3 is 2.82 bits per heavy atom. The number of amides is 2. The Morgan fingerprint density at radius 2 is 2.14 bits per heavy atom. The number of rotatable bonds is 4. The molecule has 1 aromatic heterocycles. The number of halogens is 1. The monoisotopic (exact) mass is 320 g/mol. The van der Waals surface area contributed by atoms with Crippen molar-refractivity contribution in [2.24, 2.45) is 0 Å². The molecule has 1 aromatic carbocycles. The van der Waals surface area contributed by atoms with Crippen molar-refractivity contribution in [2.75, 3.05) is 5.32 Å². The minimum absolute atomic E-state index is 0.116. The second kappa shape index (κ2) is 6.18. The number of carbonyl (C=O) groups is 2. The number of hydrogen-bond acceptors (Lipinski definition) is 5. The van der Waals surface area contributed by atoms with E-state index in [0.717, 1.165) is 10.6 Å². The zero-order valence-electron chi connectivity index (χ0n) is 11.5. The molecule has 0 radical (unpaired) electrons. The minimum Gasteiger partial charge on any atom is -0.344 e. The number of aromatic nitrogens is 2. The Balaban J connectivity index is 1.60. The quantitative estimate of drug-likeness (QED) is 0.894. The molecule has 2 N–H and O–H groups in total. The fourth-order valence-corrected chi connectivity index (χ4v) is 2.93. The molecule has 6 nitrogen and oxygen atoms in total. The number of benzene rings is 1. The fourth-order valence-electron chi connectivity index (χ4n) is 2.16. The first-order valence-electron chi connectivity index (χ1n) is 6.77. The third-order valence-corrected chi connectivity index (χ3v) is 4.12. The molecule has 22 heavy (non-hydrogen) atoms. The Hall–Kier alpha value is -2.35. The van der Waals surface area contributed by atoms with Gasteiger partial charge in [0, 0.05) is 12.8 Å². The SMILES string of the molecule is O=C1CC[C@@H](C(=O)Nc2nnc(Cc3ccc(F)cc3)s2)N1. The van der Waals surface area contributed by atoms with Gasteiger partial charge in [0.15, 0.2) is 0 Å². The lowest BCUT2D eigenvalue weighted by Gasteiger charge is -2.07. The number of hydrogen-bond donors (Lipinski definition) is 2. The highest BCUT2D eigenvalue weighted by Gasteiger charge is 2.27. The summed E-state index contributed by atoms with van der Waals surface area (Å²) in [7, 11) is 0. The standard InChI is InChI=1S/C14H13FN4O2S/c15-9-3-1-8(2-4-9)7-12-18-19-14(22-12)17-13(21)10-5-6-11(20)16-10/h1-4,10H,5-7H2,(H,16,20)(H,17,19,21)/t10-/m0/s1. The van der Waals surface area contributed by atoms with E-state index in [1.54, 1.807) is 12.1 Å². The lowest BCUT2D eigenvalue weighted by atomic mass is 10.2. The van der Waals surface area contributed by atoms with Gasteiger partial charge in [0.1, 0.15) is 16.9 Å². The summed E-state index contributed by atoms with van der Waals surface area (Å²) in [6.45, 7) is 0. The van der Waals surface area contributed by atoms with E-state index in [4.69, 9.17) is 0 Å². The summed E-state index contributed by atoms with van der Waals surface area (Å²) in [5, 5.41) is 14.3. The summed E-state index contributed by atoms with van der Waals surface area (Å²) < 4.78 is 12.8. The lowest BCUT2D eigenvalue weighted by molar-refractivity contribution is -0.122. The molecule has 0 aliphatic carbocycles. The van der Waals surface area contributed by atoms with E-state index in [1.807, 2.05) is 0 Å². The highest BCUT2D eigenvalue weighted by molar-refractivity contribution is 7.15. The van der Waals surface area contributed by atoms with Gasteiger partial charge in [-0.15, -0.1) is 10.2 Å². The molecule has 1 fully saturated rings. The number of nitrogens with zero attached hydrogens (tertiary/aromatic N) is 2. The van der Waals surface area contributed by atoms with Gasteiger partial charge in [-0.05, 0) is 24.1 Å². The fraction of sp³-hybridized carbons (Fsp3) is 0.286. The van der Waals surface area contributed by atoms with Crippen molar-refractivity contribution in [3.05, 3.63) is 40.7 Å². The van der Waals surface area contributed by atoms with Crippen LogP contribution in [0.5, 0.6) is 0 Å². The Labute approximate surface area is 129 Å². The Morgan fingerprint density at radius 1 is 1.36 bits per heavy atom. The molecule has 0 unspecified atom stereocenters. The molecular formula is C14H13FN4O2S. The van der Waals surface area contributed by atoms with E-state index in [9.17, 15) is 14.0 Å². The van der Waals surface area contributed by atoms with Gasteiger partial charge in [0.2, 0.25) is 16.9 Å². The molecule has 8 heteroatoms. The first kappa shape index (κ1) is 14.6. The summed E-state index contributed by atoms with van der Waals surface area (Å²) in [5.74, 6) is -0.683.